The standard InChI is InChI=1S/C15H21BrN2O3S.ClH/c1-18(13-8-9-17-11-13)15(19)3-2-10-22(20,21)14-6-4-12(16)5-7-14;/h4-7,13,17H,2-3,8-11H2,1H3;1H. The number of nitrogens with zero attached hydrogens (tertiary/aromatic N) is 1. The van der Waals surface area contributed by atoms with E-state index in [0.29, 0.717) is 11.3 Å². The van der Waals surface area contributed by atoms with Gasteiger partial charge in [-0.25, -0.2) is 8.42 Å². The first-order valence-electron chi connectivity index (χ1n) is 7.35. The summed E-state index contributed by atoms with van der Waals surface area (Å²) in [7, 11) is -1.53. The van der Waals surface area contributed by atoms with Crippen LogP contribution in [0.4, 0.5) is 0 Å². The number of rotatable bonds is 6. The van der Waals surface area contributed by atoms with Crippen molar-refractivity contribution in [2.45, 2.75) is 30.2 Å². The lowest BCUT2D eigenvalue weighted by molar-refractivity contribution is -0.131. The summed E-state index contributed by atoms with van der Waals surface area (Å²) in [5, 5.41) is 3.22. The molecule has 0 radical (unpaired) electrons. The van der Waals surface area contributed by atoms with Crippen molar-refractivity contribution in [2.75, 3.05) is 25.9 Å². The van der Waals surface area contributed by atoms with E-state index in [4.69, 9.17) is 0 Å². The highest BCUT2D eigenvalue weighted by molar-refractivity contribution is 9.10. The van der Waals surface area contributed by atoms with Crippen molar-refractivity contribution in [2.24, 2.45) is 0 Å². The van der Waals surface area contributed by atoms with Crippen LogP contribution in [-0.4, -0.2) is 51.2 Å². The molecule has 1 N–H and O–H groups in total. The topological polar surface area (TPSA) is 66.5 Å². The maximum Gasteiger partial charge on any atom is 0.222 e. The van der Waals surface area contributed by atoms with Crippen LogP contribution in [0.3, 0.4) is 0 Å². The van der Waals surface area contributed by atoms with Gasteiger partial charge in [-0.2, -0.15) is 0 Å². The van der Waals surface area contributed by atoms with Gasteiger partial charge in [0.1, 0.15) is 0 Å². The van der Waals surface area contributed by atoms with Crippen LogP contribution in [0.15, 0.2) is 33.6 Å². The monoisotopic (exact) mass is 424 g/mol. The van der Waals surface area contributed by atoms with E-state index in [1.54, 1.807) is 36.2 Å². The fourth-order valence-corrected chi connectivity index (χ4v) is 4.10. The molecule has 1 aliphatic rings. The highest BCUT2D eigenvalue weighted by Gasteiger charge is 2.23. The summed E-state index contributed by atoms with van der Waals surface area (Å²) in [5.74, 6) is 0.0108. The van der Waals surface area contributed by atoms with E-state index in [9.17, 15) is 13.2 Å². The smallest absolute Gasteiger partial charge is 0.222 e. The summed E-state index contributed by atoms with van der Waals surface area (Å²) in [4.78, 5) is 14.1. The molecule has 1 saturated heterocycles. The number of likely N-dealkylation sites (N-methyl/N-ethyl adjacent to an activating group) is 1. The first kappa shape index (κ1) is 20.4. The number of carbonyl (C=O) groups is 1. The highest BCUT2D eigenvalue weighted by atomic mass is 79.9. The Hall–Kier alpha value is -0.630. The van der Waals surface area contributed by atoms with Gasteiger partial charge in [-0.05, 0) is 43.7 Å². The molecule has 2 rings (SSSR count). The van der Waals surface area contributed by atoms with E-state index < -0.39 is 9.84 Å². The van der Waals surface area contributed by atoms with E-state index >= 15 is 0 Å². The molecule has 0 spiro atoms. The number of carbonyl (C=O) groups excluding carboxylic acids is 1. The summed E-state index contributed by atoms with van der Waals surface area (Å²) in [5.41, 5.74) is 0. The molecule has 1 aliphatic heterocycles. The van der Waals surface area contributed by atoms with Gasteiger partial charge in [-0.3, -0.25) is 4.79 Å². The van der Waals surface area contributed by atoms with Crippen molar-refractivity contribution in [1.29, 1.82) is 0 Å². The second-order valence-corrected chi connectivity index (χ2v) is 8.55. The van der Waals surface area contributed by atoms with Crippen LogP contribution < -0.4 is 5.32 Å². The van der Waals surface area contributed by atoms with Gasteiger partial charge >= 0.3 is 0 Å². The Morgan fingerprint density at radius 3 is 2.57 bits per heavy atom. The number of nitrogens with one attached hydrogen (secondary N) is 1. The first-order chi connectivity index (χ1) is 10.4. The Morgan fingerprint density at radius 1 is 1.35 bits per heavy atom. The maximum atomic E-state index is 12.2. The Morgan fingerprint density at radius 2 is 2.00 bits per heavy atom. The minimum Gasteiger partial charge on any atom is -0.341 e. The third-order valence-electron chi connectivity index (χ3n) is 3.95. The molecule has 1 aromatic carbocycles. The fraction of sp³-hybridized carbons (Fsp3) is 0.533. The molecule has 0 bridgehead atoms. The highest BCUT2D eigenvalue weighted by Crippen LogP contribution is 2.17. The number of benzene rings is 1. The molecule has 23 heavy (non-hydrogen) atoms. The Balaban J connectivity index is 0.00000264. The molecule has 1 unspecified atom stereocenters. The SMILES string of the molecule is CN(C(=O)CCCS(=O)(=O)c1ccc(Br)cc1)C1CCNC1.Cl. The normalized spacial score (nSPS) is 17.6. The lowest BCUT2D eigenvalue weighted by Gasteiger charge is -2.23. The van der Waals surface area contributed by atoms with Crippen LogP contribution in [0, 0.1) is 0 Å². The lowest BCUT2D eigenvalue weighted by Crippen LogP contribution is -2.38. The van der Waals surface area contributed by atoms with Gasteiger partial charge in [-0.15, -0.1) is 12.4 Å². The molecule has 0 saturated carbocycles. The maximum absolute atomic E-state index is 12.2. The van der Waals surface area contributed by atoms with Crippen molar-refractivity contribution < 1.29 is 13.2 Å². The van der Waals surface area contributed by atoms with E-state index in [1.807, 2.05) is 0 Å². The quantitative estimate of drug-likeness (QED) is 0.759. The van der Waals surface area contributed by atoms with Crippen LogP contribution in [0.1, 0.15) is 19.3 Å². The summed E-state index contributed by atoms with van der Waals surface area (Å²) >= 11 is 3.28. The molecule has 0 aromatic heterocycles. The molecule has 1 heterocycles. The van der Waals surface area contributed by atoms with Gasteiger partial charge in [0.25, 0.3) is 0 Å². The minimum absolute atomic E-state index is 0. The van der Waals surface area contributed by atoms with E-state index in [2.05, 4.69) is 21.2 Å². The van der Waals surface area contributed by atoms with Crippen molar-refractivity contribution in [3.63, 3.8) is 0 Å². The second-order valence-electron chi connectivity index (χ2n) is 5.53. The summed E-state index contributed by atoms with van der Waals surface area (Å²) in [6.45, 7) is 1.75. The van der Waals surface area contributed by atoms with Crippen molar-refractivity contribution >= 4 is 44.1 Å². The molecular weight excluding hydrogens is 404 g/mol. The van der Waals surface area contributed by atoms with Gasteiger partial charge < -0.3 is 10.2 Å². The molecule has 5 nitrogen and oxygen atoms in total. The van der Waals surface area contributed by atoms with Gasteiger partial charge in [0.15, 0.2) is 9.84 Å². The first-order valence-corrected chi connectivity index (χ1v) is 9.79. The molecule has 8 heteroatoms. The number of amides is 1. The zero-order valence-electron chi connectivity index (χ0n) is 13.0. The van der Waals surface area contributed by atoms with Crippen LogP contribution in [-0.2, 0) is 14.6 Å². The lowest BCUT2D eigenvalue weighted by atomic mass is 10.2. The number of hydrogen-bond donors (Lipinski definition) is 1. The summed E-state index contributed by atoms with van der Waals surface area (Å²) in [6.07, 6.45) is 1.57. The van der Waals surface area contributed by atoms with Crippen molar-refractivity contribution in [3.05, 3.63) is 28.7 Å². The Labute approximate surface area is 152 Å². The molecule has 1 aromatic rings. The molecule has 1 fully saturated rings. The Bertz CT molecular complexity index is 616. The molecule has 0 aliphatic carbocycles. The molecule has 1 atom stereocenters. The third-order valence-corrected chi connectivity index (χ3v) is 6.30. The largest absolute Gasteiger partial charge is 0.341 e. The molecule has 1 amide bonds. The predicted octanol–water partition coefficient (Wildman–Crippen LogP) is 2.25. The average molecular weight is 426 g/mol. The Kier molecular flexibility index (Phi) is 8.00. The van der Waals surface area contributed by atoms with Gasteiger partial charge in [0.05, 0.1) is 10.6 Å². The number of sulfone groups is 1. The zero-order chi connectivity index (χ0) is 16.2. The zero-order valence-corrected chi connectivity index (χ0v) is 16.2. The van der Waals surface area contributed by atoms with E-state index in [0.717, 1.165) is 24.0 Å². The van der Waals surface area contributed by atoms with Gasteiger partial charge in [0, 0.05) is 30.5 Å². The average Bonchev–Trinajstić information content (AvgIpc) is 3.00. The van der Waals surface area contributed by atoms with Crippen LogP contribution >= 0.6 is 28.3 Å². The van der Waals surface area contributed by atoms with Crippen molar-refractivity contribution in [3.8, 4) is 0 Å². The van der Waals surface area contributed by atoms with Gasteiger partial charge in [0.2, 0.25) is 5.91 Å². The number of hydrogen-bond acceptors (Lipinski definition) is 4. The van der Waals surface area contributed by atoms with E-state index in [-0.39, 0.29) is 36.5 Å². The molecular formula is C15H22BrClN2O3S. The third kappa shape index (κ3) is 5.74. The second kappa shape index (κ2) is 9.01. The summed E-state index contributed by atoms with van der Waals surface area (Å²) < 4.78 is 25.2. The molecule has 130 valence electrons. The predicted molar refractivity (Wildman–Crippen MR) is 96.7 cm³/mol. The van der Waals surface area contributed by atoms with Crippen LogP contribution in [0.5, 0.6) is 0 Å². The van der Waals surface area contributed by atoms with Gasteiger partial charge in [-0.1, -0.05) is 15.9 Å². The van der Waals surface area contributed by atoms with Crippen LogP contribution in [0.25, 0.3) is 0 Å². The van der Waals surface area contributed by atoms with Crippen molar-refractivity contribution in [1.82, 2.24) is 10.2 Å². The minimum atomic E-state index is -3.32. The van der Waals surface area contributed by atoms with Crippen LogP contribution in [0.2, 0.25) is 0 Å². The fourth-order valence-electron chi connectivity index (χ4n) is 2.52. The summed E-state index contributed by atoms with van der Waals surface area (Å²) in [6, 6.07) is 6.81. The number of halogens is 2. The van der Waals surface area contributed by atoms with E-state index in [1.165, 1.54) is 0 Å².